The van der Waals surface area contributed by atoms with Gasteiger partial charge in [-0.15, -0.1) is 0 Å². The van der Waals surface area contributed by atoms with Gasteiger partial charge in [-0.25, -0.2) is 0 Å². The molecule has 2 fully saturated rings. The van der Waals surface area contributed by atoms with Crippen LogP contribution in [0.2, 0.25) is 5.02 Å². The van der Waals surface area contributed by atoms with E-state index in [2.05, 4.69) is 31.3 Å². The second-order valence-electron chi connectivity index (χ2n) is 8.67. The number of likely N-dealkylation sites (tertiary alicyclic amines) is 1. The number of likely N-dealkylation sites (N-methyl/N-ethyl adjacent to an activating group) is 1. The number of hydrogen-bond donors (Lipinski definition) is 1. The maximum atomic E-state index is 13.1. The number of hydrogen-bond acceptors (Lipinski definition) is 1. The van der Waals surface area contributed by atoms with Gasteiger partial charge < -0.3 is 9.80 Å². The van der Waals surface area contributed by atoms with Gasteiger partial charge >= 0.3 is 0 Å². The smallest absolute Gasteiger partial charge is 0.285 e. The largest absolute Gasteiger partial charge is 0.320 e. The molecule has 0 spiro atoms. The van der Waals surface area contributed by atoms with Crippen molar-refractivity contribution in [3.63, 3.8) is 0 Å². The monoisotopic (exact) mass is 502 g/mol. The minimum atomic E-state index is -0.177. The first-order valence-corrected chi connectivity index (χ1v) is 11.2. The number of carbonyl (C=O) groups excluding carboxylic acids is 1. The predicted molar refractivity (Wildman–Crippen MR) is 122 cm³/mol. The van der Waals surface area contributed by atoms with Gasteiger partial charge in [0.25, 0.3) is 5.91 Å². The molecule has 1 aliphatic carbocycles. The summed E-state index contributed by atoms with van der Waals surface area (Å²) in [5.41, 5.74) is 4.16. The Morgan fingerprint density at radius 3 is 1.97 bits per heavy atom. The minimum absolute atomic E-state index is 0. The van der Waals surface area contributed by atoms with Crippen LogP contribution in [0.4, 0.5) is 5.69 Å². The molecule has 1 saturated heterocycles. The molecule has 1 heterocycles. The Kier molecular flexibility index (Phi) is 9.12. The number of rotatable bonds is 4. The summed E-state index contributed by atoms with van der Waals surface area (Å²) < 4.78 is 0.991. The van der Waals surface area contributed by atoms with Gasteiger partial charge in [0.15, 0.2) is 5.54 Å². The summed E-state index contributed by atoms with van der Waals surface area (Å²) in [5, 5.41) is 3.96. The van der Waals surface area contributed by atoms with Gasteiger partial charge in [0.2, 0.25) is 0 Å². The number of nitrogens with one attached hydrogen (secondary N) is 1. The van der Waals surface area contributed by atoms with Crippen LogP contribution in [0.1, 0.15) is 49.3 Å². The zero-order chi connectivity index (χ0) is 21.1. The molecule has 1 radical (unpaired) electrons. The number of nitrogens with zero attached hydrogens (tertiary/aromatic N) is 1. The summed E-state index contributed by atoms with van der Waals surface area (Å²) >= 11 is 6.09. The molecule has 1 saturated carbocycles. The number of carbonyl (C=O) groups is 1. The third kappa shape index (κ3) is 5.35. The summed E-state index contributed by atoms with van der Waals surface area (Å²) in [5.74, 6) is 0.213. The van der Waals surface area contributed by atoms with E-state index in [1.807, 2.05) is 44.2 Å². The van der Waals surface area contributed by atoms with Crippen molar-refractivity contribution in [1.82, 2.24) is 0 Å². The SMILES string of the molecule is CC[N+]1(C2(C(=O)Nc3c(C)cc(Cl)cc3C)CC2)CCCC1.Cc1ccccc1.[Y]. The summed E-state index contributed by atoms with van der Waals surface area (Å²) in [7, 11) is 0. The summed E-state index contributed by atoms with van der Waals surface area (Å²) in [6.45, 7) is 11.7. The molecule has 0 atom stereocenters. The predicted octanol–water partition coefficient (Wildman–Crippen LogP) is 6.05. The molecule has 5 heteroatoms. The molecule has 0 bridgehead atoms. The Labute approximate surface area is 212 Å². The van der Waals surface area contributed by atoms with Gasteiger partial charge in [-0.2, -0.15) is 0 Å². The van der Waals surface area contributed by atoms with Crippen molar-refractivity contribution < 1.29 is 42.0 Å². The normalized spacial score (nSPS) is 17.9. The van der Waals surface area contributed by atoms with Crippen LogP contribution in [0.15, 0.2) is 42.5 Å². The van der Waals surface area contributed by atoms with E-state index in [4.69, 9.17) is 11.6 Å². The van der Waals surface area contributed by atoms with E-state index < -0.39 is 0 Å². The van der Waals surface area contributed by atoms with Crippen LogP contribution in [0, 0.1) is 20.8 Å². The summed E-state index contributed by atoms with van der Waals surface area (Å²) in [4.78, 5) is 13.1. The first kappa shape index (κ1) is 25.5. The van der Waals surface area contributed by atoms with E-state index in [-0.39, 0.29) is 44.2 Å². The molecule has 2 aromatic carbocycles. The van der Waals surface area contributed by atoms with Crippen molar-refractivity contribution in [3.8, 4) is 0 Å². The molecule has 0 unspecified atom stereocenters. The topological polar surface area (TPSA) is 29.1 Å². The fourth-order valence-electron chi connectivity index (χ4n) is 4.89. The van der Waals surface area contributed by atoms with Crippen molar-refractivity contribution >= 4 is 23.2 Å². The van der Waals surface area contributed by atoms with E-state index in [0.717, 1.165) is 58.8 Å². The van der Waals surface area contributed by atoms with Crippen LogP contribution >= 0.6 is 11.6 Å². The molecule has 159 valence electrons. The summed E-state index contributed by atoms with van der Waals surface area (Å²) in [6, 6.07) is 14.1. The number of aryl methyl sites for hydroxylation is 3. The van der Waals surface area contributed by atoms with Gasteiger partial charge in [-0.05, 0) is 51.0 Å². The van der Waals surface area contributed by atoms with E-state index in [1.165, 1.54) is 18.4 Å². The Morgan fingerprint density at radius 1 is 1.03 bits per heavy atom. The number of benzene rings is 2. The molecule has 0 aromatic heterocycles. The van der Waals surface area contributed by atoms with Crippen molar-refractivity contribution in [2.75, 3.05) is 25.0 Å². The zero-order valence-corrected chi connectivity index (χ0v) is 22.4. The molecular formula is C25H34ClN2OY+. The van der Waals surface area contributed by atoms with Crippen molar-refractivity contribution in [1.29, 1.82) is 0 Å². The van der Waals surface area contributed by atoms with Crippen LogP contribution in [0.5, 0.6) is 0 Å². The molecule has 1 N–H and O–H groups in total. The van der Waals surface area contributed by atoms with E-state index in [0.29, 0.717) is 0 Å². The Bertz CT molecular complexity index is 836. The van der Waals surface area contributed by atoms with Gasteiger partial charge in [-0.1, -0.05) is 47.5 Å². The molecule has 4 rings (SSSR count). The van der Waals surface area contributed by atoms with Crippen LogP contribution in [0.3, 0.4) is 0 Å². The summed E-state index contributed by atoms with van der Waals surface area (Å²) in [6.07, 6.45) is 4.56. The quantitative estimate of drug-likeness (QED) is 0.507. The molecule has 2 aliphatic rings. The van der Waals surface area contributed by atoms with Gasteiger partial charge in [0.05, 0.1) is 19.6 Å². The van der Waals surface area contributed by atoms with Crippen LogP contribution in [0.25, 0.3) is 0 Å². The van der Waals surface area contributed by atoms with E-state index >= 15 is 0 Å². The first-order chi connectivity index (χ1) is 13.8. The number of anilines is 1. The molecule has 1 aliphatic heterocycles. The van der Waals surface area contributed by atoms with Crippen molar-refractivity contribution in [3.05, 3.63) is 64.2 Å². The van der Waals surface area contributed by atoms with Crippen LogP contribution in [-0.2, 0) is 37.5 Å². The Morgan fingerprint density at radius 2 is 1.57 bits per heavy atom. The van der Waals surface area contributed by atoms with E-state index in [1.54, 1.807) is 0 Å². The third-order valence-electron chi connectivity index (χ3n) is 6.76. The maximum Gasteiger partial charge on any atom is 0.285 e. The molecular weight excluding hydrogens is 469 g/mol. The molecule has 1 amide bonds. The molecule has 30 heavy (non-hydrogen) atoms. The minimum Gasteiger partial charge on any atom is -0.320 e. The van der Waals surface area contributed by atoms with Crippen LogP contribution < -0.4 is 5.32 Å². The second kappa shape index (κ2) is 10.7. The molecule has 2 aromatic rings. The fraction of sp³-hybridized carbons (Fsp3) is 0.480. The first-order valence-electron chi connectivity index (χ1n) is 10.8. The van der Waals surface area contributed by atoms with Crippen molar-refractivity contribution in [2.45, 2.75) is 58.9 Å². The average Bonchev–Trinajstić information content (AvgIpc) is 3.37. The van der Waals surface area contributed by atoms with Gasteiger partial charge in [0.1, 0.15) is 0 Å². The van der Waals surface area contributed by atoms with Gasteiger partial charge in [-0.3, -0.25) is 4.79 Å². The Hall–Kier alpha value is -0.736. The number of quaternary nitrogens is 1. The average molecular weight is 503 g/mol. The van der Waals surface area contributed by atoms with Crippen LogP contribution in [-0.4, -0.2) is 35.6 Å². The van der Waals surface area contributed by atoms with E-state index in [9.17, 15) is 4.79 Å². The third-order valence-corrected chi connectivity index (χ3v) is 6.98. The number of halogens is 1. The van der Waals surface area contributed by atoms with Gasteiger partial charge in [0, 0.05) is 69.1 Å². The zero-order valence-electron chi connectivity index (χ0n) is 18.8. The Balaban J connectivity index is 0.000000341. The maximum absolute atomic E-state index is 13.1. The number of amides is 1. The molecule has 3 nitrogen and oxygen atoms in total. The van der Waals surface area contributed by atoms with Crippen molar-refractivity contribution in [2.24, 2.45) is 0 Å². The second-order valence-corrected chi connectivity index (χ2v) is 9.11. The fourth-order valence-corrected chi connectivity index (χ4v) is 5.22. The standard InChI is InChI=1S/C18H25ClN2O.C7H8.Y/c1-4-21(9-5-6-10-21)18(7-8-18)17(22)20-16-13(2)11-15(19)12-14(16)3;1-7-5-3-2-4-6-7;/h11-12H,4-10H2,1-3H3;2-6H,1H3;/p+1.